The molecule has 1 saturated heterocycles. The molecule has 2 fully saturated rings. The van der Waals surface area contributed by atoms with Crippen molar-refractivity contribution in [3.63, 3.8) is 0 Å². The van der Waals surface area contributed by atoms with Crippen molar-refractivity contribution in [2.45, 2.75) is 56.9 Å². The van der Waals surface area contributed by atoms with E-state index in [1.807, 2.05) is 0 Å². The number of rotatable bonds is 4. The molecular formula is C14H22N4O2. The molecule has 1 aromatic rings. The molecule has 6 heteroatoms. The number of ether oxygens (including phenoxy) is 1. The standard InChI is InChI=1S/C14H22N4O2/c15-13(19)8-12-14(10-6-7-20-9-10)18(17-16-12)11-4-2-1-3-5-11/h10-11H,1-9H2,(H2,15,19). The van der Waals surface area contributed by atoms with Gasteiger partial charge in [-0.25, -0.2) is 4.68 Å². The van der Waals surface area contributed by atoms with E-state index in [1.54, 1.807) is 0 Å². The Kier molecular flexibility index (Phi) is 4.00. The van der Waals surface area contributed by atoms with Crippen molar-refractivity contribution in [2.24, 2.45) is 5.73 Å². The fraction of sp³-hybridized carbons (Fsp3) is 0.786. The van der Waals surface area contributed by atoms with E-state index in [0.717, 1.165) is 37.3 Å². The van der Waals surface area contributed by atoms with Crippen molar-refractivity contribution >= 4 is 5.91 Å². The normalized spacial score (nSPS) is 24.1. The molecule has 0 bridgehead atoms. The molecule has 6 nitrogen and oxygen atoms in total. The maximum absolute atomic E-state index is 11.2. The third-order valence-corrected chi connectivity index (χ3v) is 4.38. The van der Waals surface area contributed by atoms with Crippen LogP contribution in [-0.2, 0) is 16.0 Å². The molecule has 1 amide bonds. The molecule has 1 aliphatic heterocycles. The molecule has 1 aliphatic carbocycles. The van der Waals surface area contributed by atoms with Crippen molar-refractivity contribution < 1.29 is 9.53 Å². The van der Waals surface area contributed by atoms with Crippen molar-refractivity contribution in [1.29, 1.82) is 0 Å². The number of hydrogen-bond acceptors (Lipinski definition) is 4. The van der Waals surface area contributed by atoms with Gasteiger partial charge in [-0.05, 0) is 19.3 Å². The molecule has 0 aromatic carbocycles. The smallest absolute Gasteiger partial charge is 0.223 e. The Morgan fingerprint density at radius 1 is 1.30 bits per heavy atom. The molecule has 3 rings (SSSR count). The second kappa shape index (κ2) is 5.91. The Morgan fingerprint density at radius 2 is 2.10 bits per heavy atom. The third-order valence-electron chi connectivity index (χ3n) is 4.38. The van der Waals surface area contributed by atoms with Crippen LogP contribution in [0.2, 0.25) is 0 Å². The van der Waals surface area contributed by atoms with Crippen LogP contribution in [-0.4, -0.2) is 34.1 Å². The Bertz CT molecular complexity index is 474. The third kappa shape index (κ3) is 2.70. The Labute approximate surface area is 118 Å². The maximum Gasteiger partial charge on any atom is 0.223 e. The van der Waals surface area contributed by atoms with Crippen LogP contribution >= 0.6 is 0 Å². The second-order valence-corrected chi connectivity index (χ2v) is 5.86. The number of amides is 1. The first-order valence-corrected chi connectivity index (χ1v) is 7.55. The molecule has 1 unspecified atom stereocenters. The first-order valence-electron chi connectivity index (χ1n) is 7.55. The van der Waals surface area contributed by atoms with Crippen LogP contribution < -0.4 is 5.73 Å². The van der Waals surface area contributed by atoms with Gasteiger partial charge >= 0.3 is 0 Å². The van der Waals surface area contributed by atoms with Crippen molar-refractivity contribution in [3.8, 4) is 0 Å². The lowest BCUT2D eigenvalue weighted by Crippen LogP contribution is -2.21. The lowest BCUT2D eigenvalue weighted by molar-refractivity contribution is -0.117. The van der Waals surface area contributed by atoms with E-state index in [9.17, 15) is 4.79 Å². The van der Waals surface area contributed by atoms with Gasteiger partial charge in [0.05, 0.1) is 30.5 Å². The molecule has 20 heavy (non-hydrogen) atoms. The molecule has 1 saturated carbocycles. The fourth-order valence-corrected chi connectivity index (χ4v) is 3.39. The van der Waals surface area contributed by atoms with E-state index in [1.165, 1.54) is 19.3 Å². The van der Waals surface area contributed by atoms with E-state index >= 15 is 0 Å². The van der Waals surface area contributed by atoms with Gasteiger partial charge < -0.3 is 10.5 Å². The summed E-state index contributed by atoms with van der Waals surface area (Å²) in [7, 11) is 0. The molecule has 0 radical (unpaired) electrons. The highest BCUT2D eigenvalue weighted by Gasteiger charge is 2.30. The zero-order valence-corrected chi connectivity index (χ0v) is 11.8. The van der Waals surface area contributed by atoms with E-state index in [4.69, 9.17) is 10.5 Å². The first kappa shape index (κ1) is 13.5. The van der Waals surface area contributed by atoms with Crippen LogP contribution in [0.4, 0.5) is 0 Å². The van der Waals surface area contributed by atoms with Crippen LogP contribution in [0, 0.1) is 0 Å². The van der Waals surface area contributed by atoms with Crippen molar-refractivity contribution in [2.75, 3.05) is 13.2 Å². The molecule has 2 aliphatic rings. The highest BCUT2D eigenvalue weighted by molar-refractivity contribution is 5.76. The quantitative estimate of drug-likeness (QED) is 0.900. The predicted molar refractivity (Wildman–Crippen MR) is 73.2 cm³/mol. The predicted octanol–water partition coefficient (Wildman–Crippen LogP) is 1.31. The van der Waals surface area contributed by atoms with Gasteiger partial charge in [0.15, 0.2) is 0 Å². The van der Waals surface area contributed by atoms with Crippen LogP contribution in [0.3, 0.4) is 0 Å². The summed E-state index contributed by atoms with van der Waals surface area (Å²) in [6, 6.07) is 0.425. The van der Waals surface area contributed by atoms with Gasteiger partial charge in [-0.2, -0.15) is 0 Å². The molecule has 110 valence electrons. The molecule has 1 atom stereocenters. The van der Waals surface area contributed by atoms with Gasteiger partial charge in [-0.15, -0.1) is 5.10 Å². The number of carbonyl (C=O) groups is 1. The summed E-state index contributed by atoms with van der Waals surface area (Å²) in [6.07, 6.45) is 7.26. The number of hydrogen-bond donors (Lipinski definition) is 1. The Hall–Kier alpha value is -1.43. The van der Waals surface area contributed by atoms with E-state index in [0.29, 0.717) is 18.6 Å². The average molecular weight is 278 g/mol. The minimum Gasteiger partial charge on any atom is -0.381 e. The fourth-order valence-electron chi connectivity index (χ4n) is 3.39. The lowest BCUT2D eigenvalue weighted by atomic mass is 9.94. The van der Waals surface area contributed by atoms with Crippen LogP contribution in [0.25, 0.3) is 0 Å². The minimum atomic E-state index is -0.346. The number of primary amides is 1. The zero-order valence-electron chi connectivity index (χ0n) is 11.8. The molecule has 0 spiro atoms. The number of nitrogens with zero attached hydrogens (tertiary/aromatic N) is 3. The topological polar surface area (TPSA) is 83.0 Å². The average Bonchev–Trinajstić information content (AvgIpc) is 3.07. The zero-order chi connectivity index (χ0) is 13.9. The summed E-state index contributed by atoms with van der Waals surface area (Å²) in [6.45, 7) is 1.47. The molecule has 1 aromatic heterocycles. The van der Waals surface area contributed by atoms with E-state index < -0.39 is 0 Å². The number of aromatic nitrogens is 3. The largest absolute Gasteiger partial charge is 0.381 e. The Balaban J connectivity index is 1.91. The maximum atomic E-state index is 11.2. The SMILES string of the molecule is NC(=O)Cc1nnn(C2CCCCC2)c1C1CCOC1. The van der Waals surface area contributed by atoms with E-state index in [-0.39, 0.29) is 12.3 Å². The van der Waals surface area contributed by atoms with Crippen molar-refractivity contribution in [3.05, 3.63) is 11.4 Å². The Morgan fingerprint density at radius 3 is 2.75 bits per heavy atom. The van der Waals surface area contributed by atoms with Gasteiger partial charge in [-0.3, -0.25) is 4.79 Å². The van der Waals surface area contributed by atoms with Gasteiger partial charge in [-0.1, -0.05) is 24.5 Å². The van der Waals surface area contributed by atoms with Crippen molar-refractivity contribution in [1.82, 2.24) is 15.0 Å². The van der Waals surface area contributed by atoms with Gasteiger partial charge in [0.25, 0.3) is 0 Å². The summed E-state index contributed by atoms with van der Waals surface area (Å²) >= 11 is 0. The molecule has 2 heterocycles. The highest BCUT2D eigenvalue weighted by Crippen LogP contribution is 2.34. The summed E-state index contributed by atoms with van der Waals surface area (Å²) in [5.41, 5.74) is 7.17. The minimum absolute atomic E-state index is 0.179. The second-order valence-electron chi connectivity index (χ2n) is 5.86. The summed E-state index contributed by atoms with van der Waals surface area (Å²) in [4.78, 5) is 11.2. The summed E-state index contributed by atoms with van der Waals surface area (Å²) in [5.74, 6) is -0.0397. The lowest BCUT2D eigenvalue weighted by Gasteiger charge is -2.24. The first-order chi connectivity index (χ1) is 9.75. The van der Waals surface area contributed by atoms with Crippen LogP contribution in [0.1, 0.15) is 61.9 Å². The van der Waals surface area contributed by atoms with Crippen LogP contribution in [0.5, 0.6) is 0 Å². The molecule has 2 N–H and O–H groups in total. The van der Waals surface area contributed by atoms with Gasteiger partial charge in [0.2, 0.25) is 5.91 Å². The summed E-state index contributed by atoms with van der Waals surface area (Å²) < 4.78 is 7.56. The van der Waals surface area contributed by atoms with Crippen LogP contribution in [0.15, 0.2) is 0 Å². The van der Waals surface area contributed by atoms with Gasteiger partial charge in [0.1, 0.15) is 0 Å². The van der Waals surface area contributed by atoms with Gasteiger partial charge in [0, 0.05) is 12.5 Å². The number of nitrogens with two attached hydrogens (primary N) is 1. The highest BCUT2D eigenvalue weighted by atomic mass is 16.5. The molecular weight excluding hydrogens is 256 g/mol. The summed E-state index contributed by atoms with van der Waals surface area (Å²) in [5, 5.41) is 8.57. The number of carbonyl (C=O) groups excluding carboxylic acids is 1. The van der Waals surface area contributed by atoms with E-state index in [2.05, 4.69) is 15.0 Å². The monoisotopic (exact) mass is 278 g/mol.